The van der Waals surface area contributed by atoms with Crippen LogP contribution in [0, 0.1) is 18.3 Å². The molecule has 4 aromatic rings. The summed E-state index contributed by atoms with van der Waals surface area (Å²) >= 11 is 2.85. The highest BCUT2D eigenvalue weighted by Gasteiger charge is 2.23. The molecule has 2 N–H and O–H groups in total. The Labute approximate surface area is 235 Å². The number of pyridine rings is 1. The summed E-state index contributed by atoms with van der Waals surface area (Å²) in [6.07, 6.45) is 3.11. The van der Waals surface area contributed by atoms with E-state index in [0.29, 0.717) is 33.9 Å². The standard InChI is InChI=1S/C29H28N6O2S2/c1-18-14-19(17-31-2)23(16-30)27(32-18)39-29-34-24-11-10-20(15-25(24)38-29)33-26(36)21-8-4-5-9-22(21)28(37)35-12-6-3-7-13-35/h4-5,8-11,14-15,31H,3,6-7,12-13,17H2,1-2H3,(H,33,36). The van der Waals surface area contributed by atoms with Gasteiger partial charge in [0.25, 0.3) is 11.8 Å². The van der Waals surface area contributed by atoms with Gasteiger partial charge in [0.15, 0.2) is 4.34 Å². The average molecular weight is 557 g/mol. The summed E-state index contributed by atoms with van der Waals surface area (Å²) in [5, 5.41) is 16.5. The number of benzene rings is 2. The summed E-state index contributed by atoms with van der Waals surface area (Å²) in [5.74, 6) is -0.423. The number of anilines is 1. The Morgan fingerprint density at radius 3 is 2.59 bits per heavy atom. The number of amides is 2. The van der Waals surface area contributed by atoms with Crippen LogP contribution < -0.4 is 10.6 Å². The van der Waals surface area contributed by atoms with Gasteiger partial charge >= 0.3 is 0 Å². The first-order chi connectivity index (χ1) is 19.0. The predicted octanol–water partition coefficient (Wildman–Crippen LogP) is 5.62. The van der Waals surface area contributed by atoms with Crippen molar-refractivity contribution in [3.05, 3.63) is 76.5 Å². The zero-order valence-corrected chi connectivity index (χ0v) is 23.4. The molecule has 2 aromatic heterocycles. The van der Waals surface area contributed by atoms with Crippen molar-refractivity contribution in [1.82, 2.24) is 20.2 Å². The Bertz CT molecular complexity index is 1590. The van der Waals surface area contributed by atoms with E-state index in [1.807, 2.05) is 37.1 Å². The number of rotatable bonds is 7. The van der Waals surface area contributed by atoms with Crippen LogP contribution in [0.1, 0.15) is 56.8 Å². The van der Waals surface area contributed by atoms with Gasteiger partial charge in [0, 0.05) is 31.0 Å². The van der Waals surface area contributed by atoms with Crippen LogP contribution in [0.4, 0.5) is 5.69 Å². The molecule has 1 fully saturated rings. The number of carbonyl (C=O) groups is 2. The first-order valence-corrected chi connectivity index (χ1v) is 14.4. The van der Waals surface area contributed by atoms with Gasteiger partial charge in [-0.15, -0.1) is 11.3 Å². The molecule has 5 rings (SSSR count). The van der Waals surface area contributed by atoms with Crippen molar-refractivity contribution in [2.24, 2.45) is 0 Å². The van der Waals surface area contributed by atoms with Crippen LogP contribution in [0.15, 0.2) is 57.9 Å². The maximum atomic E-state index is 13.3. The monoisotopic (exact) mass is 556 g/mol. The molecule has 0 radical (unpaired) electrons. The maximum absolute atomic E-state index is 13.3. The highest BCUT2D eigenvalue weighted by atomic mass is 32.2. The molecular formula is C29H28N6O2S2. The molecule has 0 spiro atoms. The molecule has 8 nitrogen and oxygen atoms in total. The van der Waals surface area contributed by atoms with Crippen LogP contribution in [0.5, 0.6) is 0 Å². The molecule has 2 amide bonds. The smallest absolute Gasteiger partial charge is 0.256 e. The third-order valence-corrected chi connectivity index (χ3v) is 8.60. The van der Waals surface area contributed by atoms with Gasteiger partial charge in [0.05, 0.1) is 26.9 Å². The molecule has 39 heavy (non-hydrogen) atoms. The van der Waals surface area contributed by atoms with Gasteiger partial charge in [-0.2, -0.15) is 5.26 Å². The number of likely N-dealkylation sites (tertiary alicyclic amines) is 1. The normalized spacial score (nSPS) is 13.3. The summed E-state index contributed by atoms with van der Waals surface area (Å²) in [4.78, 5) is 37.5. The summed E-state index contributed by atoms with van der Waals surface area (Å²) in [5.41, 5.74) is 4.49. The summed E-state index contributed by atoms with van der Waals surface area (Å²) in [7, 11) is 1.85. The Hall–Kier alpha value is -3.78. The molecule has 0 saturated carbocycles. The van der Waals surface area contributed by atoms with E-state index in [2.05, 4.69) is 21.7 Å². The minimum atomic E-state index is -0.325. The van der Waals surface area contributed by atoms with Crippen molar-refractivity contribution < 1.29 is 9.59 Å². The molecular weight excluding hydrogens is 528 g/mol. The first-order valence-electron chi connectivity index (χ1n) is 12.8. The van der Waals surface area contributed by atoms with Gasteiger partial charge < -0.3 is 15.5 Å². The number of hydrogen-bond donors (Lipinski definition) is 2. The highest BCUT2D eigenvalue weighted by molar-refractivity contribution is 8.01. The molecule has 0 unspecified atom stereocenters. The number of aryl methyl sites for hydroxylation is 1. The average Bonchev–Trinajstić information content (AvgIpc) is 3.34. The Morgan fingerprint density at radius 1 is 1.08 bits per heavy atom. The molecule has 0 aliphatic carbocycles. The maximum Gasteiger partial charge on any atom is 0.256 e. The molecule has 10 heteroatoms. The van der Waals surface area contributed by atoms with Crippen molar-refractivity contribution in [3.8, 4) is 6.07 Å². The third-order valence-electron chi connectivity index (χ3n) is 6.53. The van der Waals surface area contributed by atoms with Crippen molar-refractivity contribution in [1.29, 1.82) is 5.26 Å². The SMILES string of the molecule is CNCc1cc(C)nc(Sc2nc3ccc(NC(=O)c4ccccc4C(=O)N4CCCCC4)cc3s2)c1C#N. The molecule has 3 heterocycles. The number of nitriles is 1. The number of piperidine rings is 1. The van der Waals surface area contributed by atoms with Crippen LogP contribution in [0.25, 0.3) is 10.2 Å². The predicted molar refractivity (Wildman–Crippen MR) is 154 cm³/mol. The topological polar surface area (TPSA) is 111 Å². The second-order valence-corrected chi connectivity index (χ2v) is 11.6. The van der Waals surface area contributed by atoms with E-state index in [9.17, 15) is 14.9 Å². The summed E-state index contributed by atoms with van der Waals surface area (Å²) in [6, 6.07) is 16.7. The number of carbonyl (C=O) groups excluding carboxylic acids is 2. The highest BCUT2D eigenvalue weighted by Crippen LogP contribution is 2.37. The van der Waals surface area contributed by atoms with Gasteiger partial charge in [-0.05, 0) is 87.0 Å². The fraction of sp³-hybridized carbons (Fsp3) is 0.276. The molecule has 1 aliphatic heterocycles. The number of hydrogen-bond acceptors (Lipinski definition) is 8. The van der Waals surface area contributed by atoms with Gasteiger partial charge in [-0.1, -0.05) is 12.1 Å². The number of fused-ring (bicyclic) bond motifs is 1. The van der Waals surface area contributed by atoms with E-state index >= 15 is 0 Å². The lowest BCUT2D eigenvalue weighted by atomic mass is 10.0. The largest absolute Gasteiger partial charge is 0.339 e. The molecule has 0 bridgehead atoms. The zero-order chi connectivity index (χ0) is 27.4. The molecule has 1 aliphatic rings. The Kier molecular flexibility index (Phi) is 8.21. The van der Waals surface area contributed by atoms with Gasteiger partial charge in [0.1, 0.15) is 11.1 Å². The molecule has 198 valence electrons. The van der Waals surface area contributed by atoms with E-state index in [1.54, 1.807) is 30.3 Å². The van der Waals surface area contributed by atoms with Crippen molar-refractivity contribution >= 4 is 50.8 Å². The van der Waals surface area contributed by atoms with Crippen LogP contribution in [-0.4, -0.2) is 46.8 Å². The van der Waals surface area contributed by atoms with Crippen molar-refractivity contribution in [2.75, 3.05) is 25.5 Å². The van der Waals surface area contributed by atoms with Crippen LogP contribution in [-0.2, 0) is 6.54 Å². The van der Waals surface area contributed by atoms with Gasteiger partial charge in [-0.3, -0.25) is 9.59 Å². The number of nitrogens with one attached hydrogen (secondary N) is 2. The lowest BCUT2D eigenvalue weighted by Crippen LogP contribution is -2.36. The van der Waals surface area contributed by atoms with Crippen molar-refractivity contribution in [2.45, 2.75) is 42.1 Å². The minimum absolute atomic E-state index is 0.0978. The van der Waals surface area contributed by atoms with Crippen LogP contribution in [0.3, 0.4) is 0 Å². The fourth-order valence-electron chi connectivity index (χ4n) is 4.67. The second kappa shape index (κ2) is 11.9. The quantitative estimate of drug-likeness (QED) is 0.304. The van der Waals surface area contributed by atoms with Crippen LogP contribution in [0.2, 0.25) is 0 Å². The van der Waals surface area contributed by atoms with E-state index in [-0.39, 0.29) is 11.8 Å². The summed E-state index contributed by atoms with van der Waals surface area (Å²) in [6.45, 7) is 3.94. The number of nitrogens with zero attached hydrogens (tertiary/aromatic N) is 4. The van der Waals surface area contributed by atoms with Gasteiger partial charge in [-0.25, -0.2) is 9.97 Å². The number of aromatic nitrogens is 2. The second-order valence-electron chi connectivity index (χ2n) is 9.36. The van der Waals surface area contributed by atoms with E-state index < -0.39 is 0 Å². The molecule has 0 atom stereocenters. The first kappa shape index (κ1) is 26.8. The lowest BCUT2D eigenvalue weighted by molar-refractivity contribution is 0.0720. The minimum Gasteiger partial charge on any atom is -0.339 e. The number of thiazole rings is 1. The molecule has 1 saturated heterocycles. The Balaban J connectivity index is 1.36. The van der Waals surface area contributed by atoms with E-state index in [1.165, 1.54) is 23.1 Å². The van der Waals surface area contributed by atoms with Crippen molar-refractivity contribution in [3.63, 3.8) is 0 Å². The Morgan fingerprint density at radius 2 is 1.85 bits per heavy atom. The fourth-order valence-corrected chi connectivity index (χ4v) is 6.86. The zero-order valence-electron chi connectivity index (χ0n) is 21.8. The van der Waals surface area contributed by atoms with Crippen LogP contribution >= 0.6 is 23.1 Å². The molecule has 2 aromatic carbocycles. The van der Waals surface area contributed by atoms with E-state index in [0.717, 1.165) is 58.2 Å². The van der Waals surface area contributed by atoms with Gasteiger partial charge in [0.2, 0.25) is 0 Å². The summed E-state index contributed by atoms with van der Waals surface area (Å²) < 4.78 is 1.66. The van der Waals surface area contributed by atoms with E-state index in [4.69, 9.17) is 4.98 Å². The lowest BCUT2D eigenvalue weighted by Gasteiger charge is -2.27. The third kappa shape index (κ3) is 5.96.